The molecule has 1 aromatic rings. The maximum atomic E-state index is 11.6. The van der Waals surface area contributed by atoms with Crippen LogP contribution in [0.2, 0.25) is 0 Å². The van der Waals surface area contributed by atoms with E-state index in [4.69, 9.17) is 4.74 Å². The summed E-state index contributed by atoms with van der Waals surface area (Å²) in [5.41, 5.74) is 1.67. The predicted molar refractivity (Wildman–Crippen MR) is 57.1 cm³/mol. The molecule has 0 aromatic carbocycles. The van der Waals surface area contributed by atoms with E-state index >= 15 is 0 Å². The van der Waals surface area contributed by atoms with E-state index in [9.17, 15) is 9.59 Å². The minimum absolute atomic E-state index is 0.113. The zero-order chi connectivity index (χ0) is 11.6. The van der Waals surface area contributed by atoms with Crippen molar-refractivity contribution >= 4 is 5.97 Å². The maximum Gasteiger partial charge on any atom is 0.340 e. The first kappa shape index (κ1) is 11.5. The Morgan fingerprint density at radius 1 is 1.47 bits per heavy atom. The van der Waals surface area contributed by atoms with E-state index in [0.29, 0.717) is 23.4 Å². The van der Waals surface area contributed by atoms with Crippen LogP contribution >= 0.6 is 0 Å². The molecule has 0 unspecified atom stereocenters. The summed E-state index contributed by atoms with van der Waals surface area (Å²) >= 11 is 0. The molecule has 1 aromatic heterocycles. The van der Waals surface area contributed by atoms with Crippen LogP contribution in [-0.4, -0.2) is 17.1 Å². The minimum atomic E-state index is -0.372. The fourth-order valence-electron chi connectivity index (χ4n) is 1.48. The van der Waals surface area contributed by atoms with E-state index < -0.39 is 0 Å². The summed E-state index contributed by atoms with van der Waals surface area (Å²) in [7, 11) is 1.64. The number of esters is 1. The average Bonchev–Trinajstić information content (AvgIpc) is 2.15. The van der Waals surface area contributed by atoms with Crippen LogP contribution in [0.25, 0.3) is 0 Å². The van der Waals surface area contributed by atoms with Gasteiger partial charge < -0.3 is 9.30 Å². The lowest BCUT2D eigenvalue weighted by Crippen LogP contribution is -2.23. The number of hydrogen-bond donors (Lipinski definition) is 0. The monoisotopic (exact) mass is 209 g/mol. The summed E-state index contributed by atoms with van der Waals surface area (Å²) in [5, 5.41) is 0. The number of aromatic nitrogens is 1. The molecule has 15 heavy (non-hydrogen) atoms. The Hall–Kier alpha value is -1.58. The molecule has 1 rings (SSSR count). The second-order valence-electron chi connectivity index (χ2n) is 3.41. The molecule has 0 atom stereocenters. The van der Waals surface area contributed by atoms with Crippen molar-refractivity contribution in [1.82, 2.24) is 4.57 Å². The molecular formula is C11H15NO3. The highest BCUT2D eigenvalue weighted by Crippen LogP contribution is 2.11. The van der Waals surface area contributed by atoms with Crippen molar-refractivity contribution in [2.75, 3.05) is 6.61 Å². The fourth-order valence-corrected chi connectivity index (χ4v) is 1.48. The van der Waals surface area contributed by atoms with Gasteiger partial charge >= 0.3 is 5.97 Å². The van der Waals surface area contributed by atoms with Gasteiger partial charge in [0.1, 0.15) is 0 Å². The fraction of sp³-hybridized carbons (Fsp3) is 0.455. The molecule has 0 spiro atoms. The third kappa shape index (κ3) is 2.09. The van der Waals surface area contributed by atoms with Gasteiger partial charge in [-0.2, -0.15) is 0 Å². The Balaban J connectivity index is 3.36. The van der Waals surface area contributed by atoms with Crippen LogP contribution in [0.3, 0.4) is 0 Å². The second-order valence-corrected chi connectivity index (χ2v) is 3.41. The number of aryl methyl sites for hydroxylation is 1. The van der Waals surface area contributed by atoms with Gasteiger partial charge in [-0.3, -0.25) is 4.79 Å². The Kier molecular flexibility index (Phi) is 3.29. The van der Waals surface area contributed by atoms with Crippen LogP contribution in [0.1, 0.15) is 28.5 Å². The molecule has 0 fully saturated rings. The number of hydrogen-bond acceptors (Lipinski definition) is 3. The van der Waals surface area contributed by atoms with Crippen molar-refractivity contribution < 1.29 is 9.53 Å². The van der Waals surface area contributed by atoms with Crippen molar-refractivity contribution in [2.45, 2.75) is 20.8 Å². The molecule has 0 saturated carbocycles. The van der Waals surface area contributed by atoms with Crippen LogP contribution in [0.15, 0.2) is 10.9 Å². The van der Waals surface area contributed by atoms with Crippen LogP contribution in [0, 0.1) is 13.8 Å². The normalized spacial score (nSPS) is 10.1. The Labute approximate surface area is 88.5 Å². The number of pyridine rings is 1. The van der Waals surface area contributed by atoms with Crippen LogP contribution in [-0.2, 0) is 11.8 Å². The summed E-state index contributed by atoms with van der Waals surface area (Å²) in [6, 6.07) is 1.44. The molecule has 0 radical (unpaired) electrons. The van der Waals surface area contributed by atoms with Crippen LogP contribution in [0.5, 0.6) is 0 Å². The Morgan fingerprint density at radius 2 is 2.07 bits per heavy atom. The molecule has 0 N–H and O–H groups in total. The first-order valence-corrected chi connectivity index (χ1v) is 4.83. The van der Waals surface area contributed by atoms with E-state index in [1.54, 1.807) is 27.8 Å². The zero-order valence-electron chi connectivity index (χ0n) is 9.46. The maximum absolute atomic E-state index is 11.6. The van der Waals surface area contributed by atoms with Crippen molar-refractivity contribution in [3.63, 3.8) is 0 Å². The number of ether oxygens (including phenoxy) is 1. The molecule has 0 bridgehead atoms. The van der Waals surface area contributed by atoms with E-state index in [0.717, 1.165) is 0 Å². The highest BCUT2D eigenvalue weighted by Gasteiger charge is 2.15. The smallest absolute Gasteiger partial charge is 0.340 e. The first-order valence-electron chi connectivity index (χ1n) is 4.83. The summed E-state index contributed by atoms with van der Waals surface area (Å²) < 4.78 is 6.37. The van der Waals surface area contributed by atoms with E-state index in [2.05, 4.69) is 0 Å². The first-order chi connectivity index (χ1) is 6.99. The van der Waals surface area contributed by atoms with Gasteiger partial charge in [0.2, 0.25) is 0 Å². The summed E-state index contributed by atoms with van der Waals surface area (Å²) in [6.45, 7) is 5.56. The molecule has 0 aliphatic rings. The second kappa shape index (κ2) is 4.29. The number of carbonyl (C=O) groups excluding carboxylic acids is 1. The molecule has 82 valence electrons. The largest absolute Gasteiger partial charge is 0.462 e. The lowest BCUT2D eigenvalue weighted by molar-refractivity contribution is 0.0523. The van der Waals surface area contributed by atoms with Crippen molar-refractivity contribution in [2.24, 2.45) is 7.05 Å². The van der Waals surface area contributed by atoms with E-state index in [-0.39, 0.29) is 11.5 Å². The standard InChI is InChI=1S/C11H15NO3/c1-5-15-11(14)10-7(2)6-9(13)12(4)8(10)3/h6H,5H2,1-4H3. The molecule has 0 aliphatic heterocycles. The van der Waals surface area contributed by atoms with Crippen molar-refractivity contribution in [3.05, 3.63) is 33.2 Å². The van der Waals surface area contributed by atoms with Gasteiger partial charge in [-0.25, -0.2) is 4.79 Å². The predicted octanol–water partition coefficient (Wildman–Crippen LogP) is 1.18. The quantitative estimate of drug-likeness (QED) is 0.687. The minimum Gasteiger partial charge on any atom is -0.462 e. The van der Waals surface area contributed by atoms with E-state index in [1.165, 1.54) is 10.6 Å². The molecule has 4 heteroatoms. The third-order valence-electron chi connectivity index (χ3n) is 2.41. The van der Waals surface area contributed by atoms with Gasteiger partial charge in [-0.05, 0) is 26.3 Å². The summed E-state index contributed by atoms with van der Waals surface area (Å²) in [6.07, 6.45) is 0. The van der Waals surface area contributed by atoms with E-state index in [1.807, 2.05) is 0 Å². The lowest BCUT2D eigenvalue weighted by atomic mass is 10.1. The molecule has 4 nitrogen and oxygen atoms in total. The number of carbonyl (C=O) groups is 1. The Morgan fingerprint density at radius 3 is 2.60 bits per heavy atom. The molecule has 0 amide bonds. The lowest BCUT2D eigenvalue weighted by Gasteiger charge is -2.11. The van der Waals surface area contributed by atoms with Gasteiger partial charge in [0.15, 0.2) is 0 Å². The van der Waals surface area contributed by atoms with Gasteiger partial charge in [-0.1, -0.05) is 0 Å². The molecular weight excluding hydrogens is 194 g/mol. The summed E-state index contributed by atoms with van der Waals surface area (Å²) in [5.74, 6) is -0.372. The van der Waals surface area contributed by atoms with Crippen molar-refractivity contribution in [3.8, 4) is 0 Å². The molecule has 1 heterocycles. The van der Waals surface area contributed by atoms with Gasteiger partial charge in [-0.15, -0.1) is 0 Å². The van der Waals surface area contributed by atoms with Gasteiger partial charge in [0, 0.05) is 18.8 Å². The SMILES string of the molecule is CCOC(=O)c1c(C)cc(=O)n(C)c1C. The zero-order valence-corrected chi connectivity index (χ0v) is 9.46. The molecule has 0 saturated heterocycles. The van der Waals surface area contributed by atoms with Gasteiger partial charge in [0.05, 0.1) is 12.2 Å². The molecule has 0 aliphatic carbocycles. The van der Waals surface area contributed by atoms with Gasteiger partial charge in [0.25, 0.3) is 5.56 Å². The van der Waals surface area contributed by atoms with Crippen molar-refractivity contribution in [1.29, 1.82) is 0 Å². The van der Waals surface area contributed by atoms with Crippen LogP contribution in [0.4, 0.5) is 0 Å². The highest BCUT2D eigenvalue weighted by molar-refractivity contribution is 5.92. The number of nitrogens with zero attached hydrogens (tertiary/aromatic N) is 1. The highest BCUT2D eigenvalue weighted by atomic mass is 16.5. The topological polar surface area (TPSA) is 48.3 Å². The Bertz CT molecular complexity index is 446. The van der Waals surface area contributed by atoms with Crippen LogP contribution < -0.4 is 5.56 Å². The third-order valence-corrected chi connectivity index (χ3v) is 2.41. The number of rotatable bonds is 2. The summed E-state index contributed by atoms with van der Waals surface area (Å²) in [4.78, 5) is 23.0. The average molecular weight is 209 g/mol.